The van der Waals surface area contributed by atoms with Gasteiger partial charge in [-0.2, -0.15) is 0 Å². The summed E-state index contributed by atoms with van der Waals surface area (Å²) in [5.41, 5.74) is 3.72. The zero-order valence-corrected chi connectivity index (χ0v) is 26.7. The van der Waals surface area contributed by atoms with Gasteiger partial charge in [0.1, 0.15) is 0 Å². The maximum Gasteiger partial charge on any atom is 0.337 e. The zero-order valence-electron chi connectivity index (χ0n) is 26.7. The number of aryl methyl sites for hydroxylation is 2. The monoisotopic (exact) mass is 601 g/mol. The molecule has 44 heavy (non-hydrogen) atoms. The number of aromatic nitrogens is 1. The molecule has 4 rings (SSSR count). The number of hydrogen-bond donors (Lipinski definition) is 3. The third-order valence-corrected chi connectivity index (χ3v) is 8.05. The molecule has 1 aliphatic rings. The number of carbonyl (C=O) groups excluding carboxylic acids is 1. The Morgan fingerprint density at radius 3 is 2.18 bits per heavy atom. The van der Waals surface area contributed by atoms with E-state index in [-0.39, 0.29) is 23.1 Å². The Hall–Kier alpha value is -4.24. The van der Waals surface area contributed by atoms with Crippen molar-refractivity contribution >= 4 is 23.5 Å². The predicted molar refractivity (Wildman–Crippen MR) is 170 cm³/mol. The molecule has 1 unspecified atom stereocenters. The number of hydrogen-bond acceptors (Lipinski definition) is 6. The summed E-state index contributed by atoms with van der Waals surface area (Å²) in [4.78, 5) is 45.4. The van der Waals surface area contributed by atoms with Crippen molar-refractivity contribution in [2.45, 2.75) is 79.6 Å². The zero-order chi connectivity index (χ0) is 32.4. The fraction of sp³-hybridized carbons (Fsp3) is 0.429. The van der Waals surface area contributed by atoms with Crippen LogP contribution in [0.2, 0.25) is 0 Å². The number of carboxylic acids is 2. The largest absolute Gasteiger partial charge is 0.479 e. The van der Waals surface area contributed by atoms with Gasteiger partial charge in [0.2, 0.25) is 0 Å². The summed E-state index contributed by atoms with van der Waals surface area (Å²) < 4.78 is 6.15. The van der Waals surface area contributed by atoms with Gasteiger partial charge in [-0.15, -0.1) is 0 Å². The molecular weight excluding hydrogens is 558 g/mol. The number of carboxylic acid groups (broad SMARTS) is 2. The van der Waals surface area contributed by atoms with Crippen LogP contribution in [0.25, 0.3) is 11.1 Å². The van der Waals surface area contributed by atoms with E-state index in [1.165, 1.54) is 6.07 Å². The lowest BCUT2D eigenvalue weighted by Gasteiger charge is -2.41. The van der Waals surface area contributed by atoms with Crippen molar-refractivity contribution in [1.82, 2.24) is 10.3 Å². The molecule has 234 valence electrons. The van der Waals surface area contributed by atoms with Gasteiger partial charge in [0, 0.05) is 42.1 Å². The number of rotatable bonds is 9. The SMILES string of the molecule is Cc1nc(C)c(C(OC(C)(C)C)C(=O)O)c(N2CCC(C)(C)CC2)c1-c1ccc(C(=O)O)c(C(=O)NCc2ccccc2)c1. The van der Waals surface area contributed by atoms with Crippen molar-refractivity contribution in [1.29, 1.82) is 0 Å². The molecule has 1 atom stereocenters. The van der Waals surface area contributed by atoms with Crippen LogP contribution in [-0.2, 0) is 16.1 Å². The summed E-state index contributed by atoms with van der Waals surface area (Å²) in [6.07, 6.45) is 0.503. The minimum atomic E-state index is -1.29. The first-order valence-electron chi connectivity index (χ1n) is 14.9. The van der Waals surface area contributed by atoms with Crippen LogP contribution in [0.5, 0.6) is 0 Å². The van der Waals surface area contributed by atoms with E-state index in [1.807, 2.05) is 58.0 Å². The van der Waals surface area contributed by atoms with Gasteiger partial charge in [-0.25, -0.2) is 9.59 Å². The number of amides is 1. The molecule has 1 fully saturated rings. The summed E-state index contributed by atoms with van der Waals surface area (Å²) >= 11 is 0. The summed E-state index contributed by atoms with van der Waals surface area (Å²) in [6, 6.07) is 14.0. The van der Waals surface area contributed by atoms with Crippen molar-refractivity contribution in [3.05, 3.63) is 82.2 Å². The third kappa shape index (κ3) is 7.45. The fourth-order valence-electron chi connectivity index (χ4n) is 5.70. The number of benzene rings is 2. The maximum atomic E-state index is 13.4. The topological polar surface area (TPSA) is 129 Å². The number of anilines is 1. The first-order valence-corrected chi connectivity index (χ1v) is 14.9. The lowest BCUT2D eigenvalue weighted by Crippen LogP contribution is -2.39. The van der Waals surface area contributed by atoms with Gasteiger partial charge in [0.25, 0.3) is 5.91 Å². The van der Waals surface area contributed by atoms with Gasteiger partial charge in [-0.3, -0.25) is 9.78 Å². The Bertz CT molecular complexity index is 1550. The molecule has 0 spiro atoms. The van der Waals surface area contributed by atoms with Gasteiger partial charge < -0.3 is 25.2 Å². The van der Waals surface area contributed by atoms with Crippen LogP contribution in [0.15, 0.2) is 48.5 Å². The predicted octanol–water partition coefficient (Wildman–Crippen LogP) is 6.56. The number of aromatic carboxylic acids is 1. The van der Waals surface area contributed by atoms with Crippen LogP contribution in [-0.4, -0.2) is 51.7 Å². The van der Waals surface area contributed by atoms with Gasteiger partial charge in [-0.05, 0) is 76.1 Å². The highest BCUT2D eigenvalue weighted by Gasteiger charge is 2.36. The molecular formula is C35H43N3O6. The fourth-order valence-corrected chi connectivity index (χ4v) is 5.70. The number of nitrogens with zero attached hydrogens (tertiary/aromatic N) is 2. The van der Waals surface area contributed by atoms with Crippen molar-refractivity contribution < 1.29 is 29.3 Å². The van der Waals surface area contributed by atoms with Crippen molar-refractivity contribution in [3.8, 4) is 11.1 Å². The molecule has 0 aliphatic carbocycles. The molecule has 1 aromatic heterocycles. The van der Waals surface area contributed by atoms with Crippen LogP contribution < -0.4 is 10.2 Å². The highest BCUT2D eigenvalue weighted by Crippen LogP contribution is 2.45. The van der Waals surface area contributed by atoms with Crippen molar-refractivity contribution in [2.75, 3.05) is 18.0 Å². The van der Waals surface area contributed by atoms with Gasteiger partial charge in [0.05, 0.1) is 22.4 Å². The number of ether oxygens (including phenoxy) is 1. The van der Waals surface area contributed by atoms with E-state index in [0.29, 0.717) is 46.9 Å². The number of carbonyl (C=O) groups is 3. The number of nitrogens with one attached hydrogen (secondary N) is 1. The Kier molecular flexibility index (Phi) is 9.49. The molecule has 3 aromatic rings. The number of pyridine rings is 1. The first-order chi connectivity index (χ1) is 20.6. The number of piperidine rings is 1. The van der Waals surface area contributed by atoms with Crippen LogP contribution in [0.3, 0.4) is 0 Å². The first kappa shape index (κ1) is 32.7. The average molecular weight is 602 g/mol. The summed E-state index contributed by atoms with van der Waals surface area (Å²) in [6.45, 7) is 15.2. The summed E-state index contributed by atoms with van der Waals surface area (Å²) in [5, 5.41) is 23.2. The Balaban J connectivity index is 1.92. The molecule has 9 nitrogen and oxygen atoms in total. The van der Waals surface area contributed by atoms with E-state index in [9.17, 15) is 24.6 Å². The van der Waals surface area contributed by atoms with Gasteiger partial charge in [0.15, 0.2) is 6.10 Å². The van der Waals surface area contributed by atoms with Gasteiger partial charge in [-0.1, -0.05) is 50.2 Å². The normalized spacial score (nSPS) is 15.5. The molecule has 2 aromatic carbocycles. The Labute approximate surface area is 259 Å². The lowest BCUT2D eigenvalue weighted by atomic mass is 9.81. The average Bonchev–Trinajstić information content (AvgIpc) is 2.94. The van der Waals surface area contributed by atoms with E-state index in [2.05, 4.69) is 24.1 Å². The Morgan fingerprint density at radius 2 is 1.61 bits per heavy atom. The quantitative estimate of drug-likeness (QED) is 0.252. The second-order valence-electron chi connectivity index (χ2n) is 13.3. The Morgan fingerprint density at radius 1 is 0.977 bits per heavy atom. The number of aliphatic carboxylic acids is 1. The molecule has 0 radical (unpaired) electrons. The van der Waals surface area contributed by atoms with E-state index in [4.69, 9.17) is 9.72 Å². The second kappa shape index (κ2) is 12.8. The molecule has 1 amide bonds. The molecule has 9 heteroatoms. The highest BCUT2D eigenvalue weighted by molar-refractivity contribution is 6.06. The van der Waals surface area contributed by atoms with E-state index < -0.39 is 29.6 Å². The standard InChI is InChI=1S/C35H43N3O6/c1-21-27(24-13-14-25(32(40)41)26(19-24)31(39)36-20-23-11-9-8-10-12-23)29(38-17-15-35(6,7)16-18-38)28(22(2)37-21)30(33(42)43)44-34(3,4)5/h8-14,19,30H,15-18,20H2,1-7H3,(H,36,39)(H,40,41)(H,42,43). The minimum absolute atomic E-state index is 0.0129. The van der Waals surface area contributed by atoms with Crippen molar-refractivity contribution in [2.24, 2.45) is 5.41 Å². The van der Waals surface area contributed by atoms with Crippen LogP contribution in [0.4, 0.5) is 5.69 Å². The van der Waals surface area contributed by atoms with Gasteiger partial charge >= 0.3 is 11.9 Å². The second-order valence-corrected chi connectivity index (χ2v) is 13.3. The highest BCUT2D eigenvalue weighted by atomic mass is 16.5. The van der Waals surface area contributed by atoms with Crippen LogP contribution in [0.1, 0.15) is 96.8 Å². The molecule has 1 aliphatic heterocycles. The van der Waals surface area contributed by atoms with E-state index in [0.717, 1.165) is 18.4 Å². The molecule has 0 saturated carbocycles. The maximum absolute atomic E-state index is 13.4. The van der Waals surface area contributed by atoms with Crippen LogP contribution >= 0.6 is 0 Å². The molecule has 2 heterocycles. The molecule has 3 N–H and O–H groups in total. The lowest BCUT2D eigenvalue weighted by molar-refractivity contribution is -0.160. The summed E-state index contributed by atoms with van der Waals surface area (Å²) in [7, 11) is 0. The van der Waals surface area contributed by atoms with E-state index >= 15 is 0 Å². The van der Waals surface area contributed by atoms with E-state index in [1.54, 1.807) is 19.1 Å². The third-order valence-electron chi connectivity index (χ3n) is 8.05. The smallest absolute Gasteiger partial charge is 0.337 e. The van der Waals surface area contributed by atoms with Crippen molar-refractivity contribution in [3.63, 3.8) is 0 Å². The summed E-state index contributed by atoms with van der Waals surface area (Å²) in [5.74, 6) is -2.86. The molecule has 1 saturated heterocycles. The van der Waals surface area contributed by atoms with Crippen LogP contribution in [0, 0.1) is 19.3 Å². The molecule has 0 bridgehead atoms. The minimum Gasteiger partial charge on any atom is -0.479 e.